The van der Waals surface area contributed by atoms with Crippen molar-refractivity contribution >= 4 is 5.69 Å². The van der Waals surface area contributed by atoms with Crippen LogP contribution in [0.25, 0.3) is 0 Å². The zero-order chi connectivity index (χ0) is 10.3. The Morgan fingerprint density at radius 2 is 2.00 bits per heavy atom. The quantitative estimate of drug-likeness (QED) is 0.778. The van der Waals surface area contributed by atoms with E-state index in [4.69, 9.17) is 5.73 Å². The molecule has 0 aliphatic heterocycles. The molecule has 1 saturated carbocycles. The Kier molecular flexibility index (Phi) is 2.00. The van der Waals surface area contributed by atoms with Crippen LogP contribution < -0.4 is 10.6 Å². The van der Waals surface area contributed by atoms with Gasteiger partial charge >= 0.3 is 0 Å². The molecule has 0 bridgehead atoms. The zero-order valence-corrected chi connectivity index (χ0v) is 8.55. The number of halogens is 1. The summed E-state index contributed by atoms with van der Waals surface area (Å²) in [6.45, 7) is 0. The van der Waals surface area contributed by atoms with E-state index in [1.807, 2.05) is 20.2 Å². The first-order valence-corrected chi connectivity index (χ1v) is 4.79. The van der Waals surface area contributed by atoms with E-state index in [9.17, 15) is 4.39 Å². The Bertz CT molecular complexity index is 356. The van der Waals surface area contributed by atoms with Crippen molar-refractivity contribution in [2.24, 2.45) is 5.73 Å². The predicted molar refractivity (Wildman–Crippen MR) is 55.8 cm³/mol. The molecule has 1 fully saturated rings. The fraction of sp³-hybridized carbons (Fsp3) is 0.455. The number of anilines is 1. The van der Waals surface area contributed by atoms with Crippen molar-refractivity contribution in [3.05, 3.63) is 29.6 Å². The van der Waals surface area contributed by atoms with E-state index in [0.29, 0.717) is 5.69 Å². The first kappa shape index (κ1) is 9.46. The van der Waals surface area contributed by atoms with Crippen molar-refractivity contribution in [2.45, 2.75) is 18.4 Å². The summed E-state index contributed by atoms with van der Waals surface area (Å²) >= 11 is 0. The van der Waals surface area contributed by atoms with Gasteiger partial charge in [-0.05, 0) is 30.5 Å². The Labute approximate surface area is 83.5 Å². The topological polar surface area (TPSA) is 29.3 Å². The van der Waals surface area contributed by atoms with Crippen molar-refractivity contribution in [1.29, 1.82) is 0 Å². The molecule has 0 spiro atoms. The highest BCUT2D eigenvalue weighted by Crippen LogP contribution is 2.43. The van der Waals surface area contributed by atoms with Crippen molar-refractivity contribution in [3.63, 3.8) is 0 Å². The Balaban J connectivity index is 2.36. The van der Waals surface area contributed by atoms with Crippen LogP contribution in [0.2, 0.25) is 0 Å². The second-order valence-corrected chi connectivity index (χ2v) is 4.22. The van der Waals surface area contributed by atoms with Gasteiger partial charge < -0.3 is 10.6 Å². The van der Waals surface area contributed by atoms with Crippen molar-refractivity contribution in [1.82, 2.24) is 0 Å². The molecule has 0 amide bonds. The van der Waals surface area contributed by atoms with Gasteiger partial charge in [-0.3, -0.25) is 0 Å². The summed E-state index contributed by atoms with van der Waals surface area (Å²) in [5.41, 5.74) is 7.26. The normalized spacial score (nSPS) is 18.0. The lowest BCUT2D eigenvalue weighted by Crippen LogP contribution is -2.19. The van der Waals surface area contributed by atoms with Gasteiger partial charge in [-0.2, -0.15) is 0 Å². The maximum Gasteiger partial charge on any atom is 0.146 e. The van der Waals surface area contributed by atoms with Gasteiger partial charge in [-0.25, -0.2) is 4.39 Å². The van der Waals surface area contributed by atoms with Gasteiger partial charge in [0.15, 0.2) is 0 Å². The van der Waals surface area contributed by atoms with Crippen LogP contribution in [0.3, 0.4) is 0 Å². The lowest BCUT2D eigenvalue weighted by atomic mass is 10.1. The SMILES string of the molecule is CN(C)c1ccc(C2(N)CC2)cc1F. The highest BCUT2D eigenvalue weighted by atomic mass is 19.1. The lowest BCUT2D eigenvalue weighted by molar-refractivity contribution is 0.617. The van der Waals surface area contributed by atoms with Gasteiger partial charge in [0.25, 0.3) is 0 Å². The molecule has 2 nitrogen and oxygen atoms in total. The molecule has 3 heteroatoms. The summed E-state index contributed by atoms with van der Waals surface area (Å²) in [6, 6.07) is 5.27. The van der Waals surface area contributed by atoms with E-state index in [2.05, 4.69) is 0 Å². The molecule has 2 rings (SSSR count). The van der Waals surface area contributed by atoms with E-state index in [-0.39, 0.29) is 11.4 Å². The van der Waals surface area contributed by atoms with E-state index in [0.717, 1.165) is 18.4 Å². The third kappa shape index (κ3) is 1.48. The maximum absolute atomic E-state index is 13.6. The van der Waals surface area contributed by atoms with Crippen LogP contribution in [0.5, 0.6) is 0 Å². The molecule has 1 aliphatic rings. The number of hydrogen-bond donors (Lipinski definition) is 1. The third-order valence-corrected chi connectivity index (χ3v) is 2.79. The molecule has 1 aromatic rings. The van der Waals surface area contributed by atoms with Crippen LogP contribution >= 0.6 is 0 Å². The zero-order valence-electron chi connectivity index (χ0n) is 8.55. The summed E-state index contributed by atoms with van der Waals surface area (Å²) in [6.07, 6.45) is 1.93. The summed E-state index contributed by atoms with van der Waals surface area (Å²) in [7, 11) is 3.65. The summed E-state index contributed by atoms with van der Waals surface area (Å²) in [5.74, 6) is -0.191. The lowest BCUT2D eigenvalue weighted by Gasteiger charge is -2.16. The highest BCUT2D eigenvalue weighted by molar-refractivity contribution is 5.49. The van der Waals surface area contributed by atoms with Crippen LogP contribution in [0, 0.1) is 5.82 Å². The molecule has 0 radical (unpaired) electrons. The third-order valence-electron chi connectivity index (χ3n) is 2.79. The van der Waals surface area contributed by atoms with Crippen LogP contribution in [-0.4, -0.2) is 14.1 Å². The molecule has 0 unspecified atom stereocenters. The van der Waals surface area contributed by atoms with Crippen molar-refractivity contribution in [2.75, 3.05) is 19.0 Å². The average molecular weight is 194 g/mol. The first-order chi connectivity index (χ1) is 6.53. The predicted octanol–water partition coefficient (Wildman–Crippen LogP) is 1.84. The van der Waals surface area contributed by atoms with Gasteiger partial charge in [-0.1, -0.05) is 6.07 Å². The Hall–Kier alpha value is -1.09. The summed E-state index contributed by atoms with van der Waals surface area (Å²) in [5, 5.41) is 0. The fourth-order valence-electron chi connectivity index (χ4n) is 1.60. The maximum atomic E-state index is 13.6. The molecule has 0 heterocycles. The second-order valence-electron chi connectivity index (χ2n) is 4.22. The molecule has 0 saturated heterocycles. The number of benzene rings is 1. The number of hydrogen-bond acceptors (Lipinski definition) is 2. The minimum atomic E-state index is -0.244. The van der Waals surface area contributed by atoms with E-state index in [1.54, 1.807) is 17.0 Å². The smallest absolute Gasteiger partial charge is 0.146 e. The van der Waals surface area contributed by atoms with E-state index in [1.165, 1.54) is 0 Å². The van der Waals surface area contributed by atoms with Gasteiger partial charge in [0.2, 0.25) is 0 Å². The monoisotopic (exact) mass is 194 g/mol. The molecule has 1 aromatic carbocycles. The number of rotatable bonds is 2. The van der Waals surface area contributed by atoms with Crippen LogP contribution in [0.4, 0.5) is 10.1 Å². The number of nitrogens with two attached hydrogens (primary N) is 1. The summed E-state index contributed by atoms with van der Waals surface area (Å²) < 4.78 is 13.6. The van der Waals surface area contributed by atoms with Crippen LogP contribution in [0.15, 0.2) is 18.2 Å². The molecule has 0 atom stereocenters. The Morgan fingerprint density at radius 3 is 2.43 bits per heavy atom. The molecular weight excluding hydrogens is 179 g/mol. The highest BCUT2D eigenvalue weighted by Gasteiger charge is 2.40. The van der Waals surface area contributed by atoms with Gasteiger partial charge in [-0.15, -0.1) is 0 Å². The second kappa shape index (κ2) is 2.95. The van der Waals surface area contributed by atoms with Crippen molar-refractivity contribution in [3.8, 4) is 0 Å². The van der Waals surface area contributed by atoms with Crippen LogP contribution in [0.1, 0.15) is 18.4 Å². The van der Waals surface area contributed by atoms with E-state index < -0.39 is 0 Å². The molecule has 0 aromatic heterocycles. The molecule has 1 aliphatic carbocycles. The molecule has 2 N–H and O–H groups in total. The van der Waals surface area contributed by atoms with Crippen molar-refractivity contribution < 1.29 is 4.39 Å². The van der Waals surface area contributed by atoms with Crippen LogP contribution in [-0.2, 0) is 5.54 Å². The minimum absolute atomic E-state index is 0.191. The average Bonchev–Trinajstić information content (AvgIpc) is 2.84. The standard InChI is InChI=1S/C11H15FN2/c1-14(2)10-4-3-8(7-9(10)12)11(13)5-6-11/h3-4,7H,5-6,13H2,1-2H3. The van der Waals surface area contributed by atoms with Gasteiger partial charge in [0.1, 0.15) is 5.82 Å². The van der Waals surface area contributed by atoms with E-state index >= 15 is 0 Å². The molecule has 76 valence electrons. The fourth-order valence-corrected chi connectivity index (χ4v) is 1.60. The Morgan fingerprint density at radius 1 is 1.36 bits per heavy atom. The minimum Gasteiger partial charge on any atom is -0.375 e. The number of nitrogens with zero attached hydrogens (tertiary/aromatic N) is 1. The summed E-state index contributed by atoms with van der Waals surface area (Å²) in [4.78, 5) is 1.76. The molecule has 14 heavy (non-hydrogen) atoms. The first-order valence-electron chi connectivity index (χ1n) is 4.79. The largest absolute Gasteiger partial charge is 0.375 e. The van der Waals surface area contributed by atoms with Gasteiger partial charge in [0, 0.05) is 19.6 Å². The molecular formula is C11H15FN2. The van der Waals surface area contributed by atoms with Gasteiger partial charge in [0.05, 0.1) is 5.69 Å².